The maximum atomic E-state index is 6.33. The van der Waals surface area contributed by atoms with Crippen LogP contribution in [0, 0.1) is 0 Å². The average molecular weight is 357 g/mol. The number of aryl methyl sites for hydroxylation is 2. The third-order valence-electron chi connectivity index (χ3n) is 5.14. The molecule has 0 saturated carbocycles. The highest BCUT2D eigenvalue weighted by Gasteiger charge is 2.22. The molecule has 4 nitrogen and oxygen atoms in total. The Kier molecular flexibility index (Phi) is 3.57. The molecule has 0 unspecified atom stereocenters. The third-order valence-corrected chi connectivity index (χ3v) is 7.35. The number of aromatic nitrogens is 2. The van der Waals surface area contributed by atoms with Crippen LogP contribution in [0.2, 0.25) is 0 Å². The van der Waals surface area contributed by atoms with Crippen molar-refractivity contribution in [2.75, 3.05) is 12.3 Å². The first-order valence-electron chi connectivity index (χ1n) is 8.62. The summed E-state index contributed by atoms with van der Waals surface area (Å²) in [5.74, 6) is 1.56. The summed E-state index contributed by atoms with van der Waals surface area (Å²) in [6.07, 6.45) is 6.00. The summed E-state index contributed by atoms with van der Waals surface area (Å²) in [6, 6.07) is 2.25. The second kappa shape index (κ2) is 5.79. The van der Waals surface area contributed by atoms with Gasteiger partial charge >= 0.3 is 0 Å². The van der Waals surface area contributed by atoms with E-state index in [4.69, 9.17) is 10.7 Å². The molecule has 0 atom stereocenters. The van der Waals surface area contributed by atoms with Crippen molar-refractivity contribution in [1.29, 1.82) is 0 Å². The molecule has 0 bridgehead atoms. The van der Waals surface area contributed by atoms with Gasteiger partial charge < -0.3 is 5.73 Å². The molecule has 0 saturated heterocycles. The molecule has 3 aromatic rings. The van der Waals surface area contributed by atoms with Gasteiger partial charge in [-0.05, 0) is 54.7 Å². The van der Waals surface area contributed by atoms with E-state index in [9.17, 15) is 0 Å². The van der Waals surface area contributed by atoms with Crippen molar-refractivity contribution < 1.29 is 0 Å². The molecule has 24 heavy (non-hydrogen) atoms. The largest absolute Gasteiger partial charge is 0.383 e. The maximum Gasteiger partial charge on any atom is 0.146 e. The van der Waals surface area contributed by atoms with E-state index in [0.29, 0.717) is 5.82 Å². The van der Waals surface area contributed by atoms with Gasteiger partial charge in [0.2, 0.25) is 0 Å². The molecule has 0 fully saturated rings. The lowest BCUT2D eigenvalue weighted by Crippen LogP contribution is -2.30. The highest BCUT2D eigenvalue weighted by Crippen LogP contribution is 2.37. The predicted octanol–water partition coefficient (Wildman–Crippen LogP) is 3.77. The van der Waals surface area contributed by atoms with Gasteiger partial charge in [-0.2, -0.15) is 0 Å². The Bertz CT molecular complexity index is 911. The van der Waals surface area contributed by atoms with Crippen LogP contribution >= 0.6 is 22.7 Å². The van der Waals surface area contributed by atoms with Crippen molar-refractivity contribution in [3.05, 3.63) is 38.2 Å². The lowest BCUT2D eigenvalue weighted by Gasteiger charge is -2.26. The van der Waals surface area contributed by atoms with Gasteiger partial charge in [-0.15, -0.1) is 22.7 Å². The minimum absolute atomic E-state index is 0.683. The molecule has 124 valence electrons. The number of nitrogens with two attached hydrogens (primary N) is 1. The molecule has 2 N–H and O–H groups in total. The fraction of sp³-hybridized carbons (Fsp3) is 0.444. The van der Waals surface area contributed by atoms with E-state index < -0.39 is 0 Å². The number of thiophene rings is 2. The van der Waals surface area contributed by atoms with Gasteiger partial charge in [-0.1, -0.05) is 0 Å². The molecule has 0 aromatic carbocycles. The van der Waals surface area contributed by atoms with Crippen LogP contribution in [0.3, 0.4) is 0 Å². The summed E-state index contributed by atoms with van der Waals surface area (Å²) in [5, 5.41) is 3.34. The zero-order valence-corrected chi connectivity index (χ0v) is 15.2. The topological polar surface area (TPSA) is 55.0 Å². The van der Waals surface area contributed by atoms with Crippen LogP contribution < -0.4 is 5.73 Å². The van der Waals surface area contributed by atoms with Crippen molar-refractivity contribution in [3.63, 3.8) is 0 Å². The van der Waals surface area contributed by atoms with E-state index in [1.165, 1.54) is 40.1 Å². The van der Waals surface area contributed by atoms with Crippen LogP contribution in [0.25, 0.3) is 10.2 Å². The molecule has 0 spiro atoms. The second-order valence-electron chi connectivity index (χ2n) is 6.75. The van der Waals surface area contributed by atoms with E-state index in [0.717, 1.165) is 48.5 Å². The lowest BCUT2D eigenvalue weighted by atomic mass is 9.97. The van der Waals surface area contributed by atoms with Gasteiger partial charge in [0, 0.05) is 22.8 Å². The quantitative estimate of drug-likeness (QED) is 0.759. The monoisotopic (exact) mass is 356 g/mol. The van der Waals surface area contributed by atoms with Crippen molar-refractivity contribution in [2.45, 2.75) is 45.2 Å². The summed E-state index contributed by atoms with van der Waals surface area (Å²) in [7, 11) is 0. The van der Waals surface area contributed by atoms with Gasteiger partial charge in [0.05, 0.1) is 11.9 Å². The summed E-state index contributed by atoms with van der Waals surface area (Å²) >= 11 is 3.71. The van der Waals surface area contributed by atoms with Gasteiger partial charge in [0.15, 0.2) is 0 Å². The smallest absolute Gasteiger partial charge is 0.146 e. The highest BCUT2D eigenvalue weighted by atomic mass is 32.1. The molecule has 1 aliphatic carbocycles. The second-order valence-corrected chi connectivity index (χ2v) is 8.83. The molecule has 0 radical (unpaired) electrons. The number of nitrogen functional groups attached to an aromatic ring is 1. The van der Waals surface area contributed by atoms with Crippen LogP contribution in [0.15, 0.2) is 11.4 Å². The zero-order valence-electron chi connectivity index (χ0n) is 13.5. The highest BCUT2D eigenvalue weighted by molar-refractivity contribution is 7.19. The van der Waals surface area contributed by atoms with E-state index >= 15 is 0 Å². The summed E-state index contributed by atoms with van der Waals surface area (Å²) in [5.41, 5.74) is 9.22. The molecule has 3 aromatic heterocycles. The Hall–Kier alpha value is -1.50. The number of fused-ring (bicyclic) bond motifs is 4. The van der Waals surface area contributed by atoms with E-state index in [-0.39, 0.29) is 0 Å². The molecule has 6 heteroatoms. The van der Waals surface area contributed by atoms with Gasteiger partial charge in [-0.25, -0.2) is 9.97 Å². The molecule has 4 heterocycles. The molecular formula is C18H20N4S2. The van der Waals surface area contributed by atoms with Crippen molar-refractivity contribution in [2.24, 2.45) is 0 Å². The fourth-order valence-electron chi connectivity index (χ4n) is 3.94. The minimum atomic E-state index is 0.683. The average Bonchev–Trinajstić information content (AvgIpc) is 3.17. The van der Waals surface area contributed by atoms with Gasteiger partial charge in [0.25, 0.3) is 0 Å². The summed E-state index contributed by atoms with van der Waals surface area (Å²) in [4.78, 5) is 16.1. The first-order chi connectivity index (χ1) is 11.8. The van der Waals surface area contributed by atoms with E-state index in [2.05, 4.69) is 21.3 Å². The van der Waals surface area contributed by atoms with Crippen LogP contribution in [-0.4, -0.2) is 21.4 Å². The number of hydrogen-bond donors (Lipinski definition) is 1. The Morgan fingerprint density at radius 3 is 3.00 bits per heavy atom. The lowest BCUT2D eigenvalue weighted by molar-refractivity contribution is 0.242. The van der Waals surface area contributed by atoms with Crippen LogP contribution in [-0.2, 0) is 32.4 Å². The summed E-state index contributed by atoms with van der Waals surface area (Å²) in [6.45, 7) is 2.87. The number of anilines is 1. The Morgan fingerprint density at radius 1 is 1.12 bits per heavy atom. The summed E-state index contributed by atoms with van der Waals surface area (Å²) < 4.78 is 0. The van der Waals surface area contributed by atoms with E-state index in [1.54, 1.807) is 0 Å². The number of nitrogens with zero attached hydrogens (tertiary/aromatic N) is 3. The molecular weight excluding hydrogens is 336 g/mol. The van der Waals surface area contributed by atoms with Crippen LogP contribution in [0.5, 0.6) is 0 Å². The van der Waals surface area contributed by atoms with Crippen molar-refractivity contribution in [1.82, 2.24) is 14.9 Å². The SMILES string of the molecule is Nc1nc(CN2CCc3sccc3C2)nc2sc3c(c12)CCCC3. The minimum Gasteiger partial charge on any atom is -0.383 e. The molecule has 1 aliphatic heterocycles. The van der Waals surface area contributed by atoms with Crippen molar-refractivity contribution >= 4 is 38.7 Å². The molecule has 2 aliphatic rings. The predicted molar refractivity (Wildman–Crippen MR) is 101 cm³/mol. The van der Waals surface area contributed by atoms with Crippen LogP contribution in [0.1, 0.15) is 39.5 Å². The molecule has 5 rings (SSSR count). The van der Waals surface area contributed by atoms with Crippen LogP contribution in [0.4, 0.5) is 5.82 Å². The first-order valence-corrected chi connectivity index (χ1v) is 10.3. The zero-order chi connectivity index (χ0) is 16.1. The number of rotatable bonds is 2. The Balaban J connectivity index is 1.45. The standard InChI is InChI=1S/C18H20N4S2/c19-17-16-12-3-1-2-4-14(12)24-18(16)21-15(20-17)10-22-7-5-13-11(9-22)6-8-23-13/h6,8H,1-5,7,9-10H2,(H2,19,20,21). The molecule has 0 amide bonds. The van der Waals surface area contributed by atoms with E-state index in [1.807, 2.05) is 22.7 Å². The maximum absolute atomic E-state index is 6.33. The Morgan fingerprint density at radius 2 is 2.04 bits per heavy atom. The fourth-order valence-corrected chi connectivity index (χ4v) is 6.12. The normalized spacial score (nSPS) is 17.8. The first kappa shape index (κ1) is 14.8. The van der Waals surface area contributed by atoms with Gasteiger partial charge in [-0.3, -0.25) is 4.90 Å². The number of hydrogen-bond acceptors (Lipinski definition) is 6. The third kappa shape index (κ3) is 2.44. The Labute approximate surface area is 149 Å². The van der Waals surface area contributed by atoms with Crippen molar-refractivity contribution in [3.8, 4) is 0 Å². The van der Waals surface area contributed by atoms with Gasteiger partial charge in [0.1, 0.15) is 16.5 Å².